The Morgan fingerprint density at radius 3 is 1.85 bits per heavy atom. The number of anilines is 2. The first-order chi connectivity index (χ1) is 30.9. The molecule has 0 bridgehead atoms. The van der Waals surface area contributed by atoms with E-state index in [9.17, 15) is 63.0 Å². The molecule has 3 aromatic rings. The number of pyridine rings is 1. The summed E-state index contributed by atoms with van der Waals surface area (Å²) < 4.78 is 4.54. The first-order valence-corrected chi connectivity index (χ1v) is 21.4. The van der Waals surface area contributed by atoms with E-state index in [1.54, 1.807) is 12.1 Å². The zero-order valence-electron chi connectivity index (χ0n) is 34.1. The number of amides is 8. The van der Waals surface area contributed by atoms with Crippen LogP contribution in [0.1, 0.15) is 28.9 Å². The summed E-state index contributed by atoms with van der Waals surface area (Å²) in [5.41, 5.74) is 11.6. The molecule has 0 radical (unpaired) electrons. The number of aromatic amines is 1. The van der Waals surface area contributed by atoms with E-state index in [4.69, 9.17) is 11.5 Å². The number of nitrogens with two attached hydrogens (primary N) is 2. The summed E-state index contributed by atoms with van der Waals surface area (Å²) in [7, 11) is 2.27. The summed E-state index contributed by atoms with van der Waals surface area (Å²) in [6.45, 7) is -2.79. The summed E-state index contributed by atoms with van der Waals surface area (Å²) in [5.74, 6) is -7.81. The largest absolute Gasteiger partial charge is 0.480 e. The Morgan fingerprint density at radius 2 is 1.29 bits per heavy atom. The first-order valence-electron chi connectivity index (χ1n) is 18.9. The van der Waals surface area contributed by atoms with Crippen LogP contribution in [0.3, 0.4) is 0 Å². The predicted molar refractivity (Wildman–Crippen MR) is 232 cm³/mol. The minimum absolute atomic E-state index is 0.0142. The average Bonchev–Trinajstić information content (AvgIpc) is 3.26. The van der Waals surface area contributed by atoms with Gasteiger partial charge in [0.1, 0.15) is 24.5 Å². The topological polar surface area (TPSA) is 427 Å². The van der Waals surface area contributed by atoms with Crippen molar-refractivity contribution >= 4 is 104 Å². The van der Waals surface area contributed by atoms with E-state index >= 15 is 0 Å². The highest BCUT2D eigenvalue weighted by molar-refractivity contribution is 8.76. The van der Waals surface area contributed by atoms with Gasteiger partial charge < -0.3 is 73.9 Å². The van der Waals surface area contributed by atoms with Crippen molar-refractivity contribution in [3.63, 3.8) is 0 Å². The van der Waals surface area contributed by atoms with Crippen LogP contribution in [-0.2, 0) is 49.6 Å². The molecule has 15 N–H and O–H groups in total. The Balaban J connectivity index is 1.27. The lowest BCUT2D eigenvalue weighted by molar-refractivity contribution is -0.141. The quantitative estimate of drug-likeness (QED) is 0.0257. The molecule has 0 aliphatic rings. The molecular weight excluding hydrogens is 903 g/mol. The van der Waals surface area contributed by atoms with Crippen LogP contribution in [0, 0.1) is 0 Å². The monoisotopic (exact) mass is 947 g/mol. The zero-order chi connectivity index (χ0) is 47.9. The van der Waals surface area contributed by atoms with Crippen molar-refractivity contribution in [1.29, 1.82) is 0 Å². The van der Waals surface area contributed by atoms with Crippen molar-refractivity contribution in [3.8, 4) is 0 Å². The summed E-state index contributed by atoms with van der Waals surface area (Å²) in [4.78, 5) is 142. The van der Waals surface area contributed by atoms with Gasteiger partial charge in [-0.3, -0.25) is 43.3 Å². The highest BCUT2D eigenvalue weighted by Crippen LogP contribution is 2.21. The molecule has 2 aromatic heterocycles. The van der Waals surface area contributed by atoms with E-state index in [1.165, 1.54) is 35.2 Å². The number of carboxylic acid groups (broad SMARTS) is 2. The van der Waals surface area contributed by atoms with Gasteiger partial charge in [0, 0.05) is 35.2 Å². The van der Waals surface area contributed by atoms with Crippen LogP contribution in [0.5, 0.6) is 0 Å². The molecule has 2 atom stereocenters. The van der Waals surface area contributed by atoms with E-state index < -0.39 is 116 Å². The molecule has 1 aromatic carbocycles. The number of nitrogen functional groups attached to an aromatic ring is 1. The number of carbonyl (C=O) groups excluding carboxylic acids is 8. The Morgan fingerprint density at radius 1 is 0.738 bits per heavy atom. The van der Waals surface area contributed by atoms with Gasteiger partial charge in [0.15, 0.2) is 5.52 Å². The van der Waals surface area contributed by atoms with Crippen molar-refractivity contribution in [3.05, 3.63) is 58.1 Å². The number of benzene rings is 1. The van der Waals surface area contributed by atoms with Crippen LogP contribution in [0.2, 0.25) is 0 Å². The number of rotatable bonds is 27. The number of hydrogen-bond donors (Lipinski definition) is 13. The van der Waals surface area contributed by atoms with Gasteiger partial charge in [-0.2, -0.15) is 0 Å². The number of nitrogens with zero attached hydrogens (tertiary/aromatic N) is 2. The number of carbonyl (C=O) groups is 10. The van der Waals surface area contributed by atoms with E-state index in [1.807, 2.05) is 0 Å². The zero-order valence-corrected chi connectivity index (χ0v) is 35.7. The number of fused-ring (bicyclic) bond motifs is 1. The molecule has 0 spiro atoms. The maximum atomic E-state index is 12.8. The highest BCUT2D eigenvalue weighted by Gasteiger charge is 2.23. The molecule has 0 saturated heterocycles. The highest BCUT2D eigenvalue weighted by atomic mass is 33.1. The molecule has 3 rings (SSSR count). The van der Waals surface area contributed by atoms with E-state index in [-0.39, 0.29) is 42.2 Å². The molecule has 0 unspecified atom stereocenters. The van der Waals surface area contributed by atoms with Crippen molar-refractivity contribution in [1.82, 2.24) is 52.2 Å². The third-order valence-electron chi connectivity index (χ3n) is 8.09. The second kappa shape index (κ2) is 26.7. The molecule has 65 heavy (non-hydrogen) atoms. The smallest absolute Gasteiger partial charge is 0.404 e. The summed E-state index contributed by atoms with van der Waals surface area (Å²) in [5, 5.41) is 37.6. The van der Waals surface area contributed by atoms with Crippen molar-refractivity contribution in [2.45, 2.75) is 31.5 Å². The molecule has 0 aliphatic heterocycles. The number of hydrogen-bond acceptors (Lipinski definition) is 18. The second-order valence-electron chi connectivity index (χ2n) is 13.1. The Kier molecular flexibility index (Phi) is 21.2. The summed E-state index contributed by atoms with van der Waals surface area (Å²) in [6, 6.07) is 4.73. The standard InChI is InChI=1S/C36H45N13O14S2/c37-24-9-22-31(33(57)49-24)46-20(11-40-22)10-39-19-3-1-18(2-4-19)32(56)48-21(34(58)59)5-6-25(50)41-12-26(51)42-13-27(52)43-14-28(53)44-15-29(54)45-16-30(55)47-23(35(60)61)17-65-64-8-7-63-36(38)62/h1-4,9,11,21,23,39H,5-8,10,12-17H2,(H2,38,62)(H,41,50)(H,42,51)(H,43,52)(H,44,53)(H,45,54)(H,47,55)(H,48,56)(H,58,59)(H,60,61)(H3,37,49,57)/t21-,23-/m1/s1. The normalized spacial score (nSPS) is 11.4. The lowest BCUT2D eigenvalue weighted by atomic mass is 10.1. The third-order valence-corrected chi connectivity index (χ3v) is 10.5. The minimum Gasteiger partial charge on any atom is -0.480 e. The molecule has 0 fully saturated rings. The van der Waals surface area contributed by atoms with E-state index in [0.29, 0.717) is 22.7 Å². The molecule has 0 saturated carbocycles. The number of H-pyrrole nitrogens is 1. The SMILES string of the molecule is NC(=O)OCCSSC[C@@H](NC(=O)CNC(=O)CNC(=O)CNC(=O)CNC(=O)CNC(=O)CC[C@@H](NC(=O)c1ccc(NCc2cnc3cc(N)[nH]c(=O)c3n2)cc1)C(=O)O)C(=O)O. The van der Waals surface area contributed by atoms with Crippen LogP contribution >= 0.6 is 21.6 Å². The average molecular weight is 948 g/mol. The van der Waals surface area contributed by atoms with Gasteiger partial charge in [-0.25, -0.2) is 19.4 Å². The van der Waals surface area contributed by atoms with Gasteiger partial charge in [0.25, 0.3) is 11.5 Å². The number of aromatic nitrogens is 3. The van der Waals surface area contributed by atoms with Gasteiger partial charge in [0.05, 0.1) is 56.7 Å². The number of nitrogens with one attached hydrogen (secondary N) is 9. The van der Waals surface area contributed by atoms with Crippen molar-refractivity contribution < 1.29 is 62.9 Å². The lowest BCUT2D eigenvalue weighted by Crippen LogP contribution is -2.48. The predicted octanol–water partition coefficient (Wildman–Crippen LogP) is -3.90. The Bertz CT molecular complexity index is 2300. The Hall–Kier alpha value is -7.69. The van der Waals surface area contributed by atoms with Gasteiger partial charge in [-0.05, 0) is 30.7 Å². The number of carboxylic acids is 2. The van der Waals surface area contributed by atoms with Crippen molar-refractivity contribution in [2.24, 2.45) is 5.73 Å². The number of primary amides is 1. The van der Waals surface area contributed by atoms with Crippen molar-refractivity contribution in [2.75, 3.05) is 61.9 Å². The minimum atomic E-state index is -1.46. The fraction of sp³-hybridized carbons (Fsp3) is 0.361. The maximum Gasteiger partial charge on any atom is 0.404 e. The molecular formula is C36H45N13O14S2. The van der Waals surface area contributed by atoms with Crippen LogP contribution in [0.15, 0.2) is 41.3 Å². The Labute approximate surface area is 374 Å². The van der Waals surface area contributed by atoms with Crippen LogP contribution in [0.4, 0.5) is 16.3 Å². The molecule has 350 valence electrons. The van der Waals surface area contributed by atoms with Crippen LogP contribution in [-0.4, -0.2) is 147 Å². The van der Waals surface area contributed by atoms with Gasteiger partial charge in [-0.1, -0.05) is 21.6 Å². The third kappa shape index (κ3) is 19.9. The lowest BCUT2D eigenvalue weighted by Gasteiger charge is -2.15. The molecule has 8 amide bonds. The van der Waals surface area contributed by atoms with Crippen LogP contribution in [0.25, 0.3) is 11.0 Å². The molecule has 0 aliphatic carbocycles. The summed E-state index contributed by atoms with van der Waals surface area (Å²) in [6.07, 6.45) is -0.197. The van der Waals surface area contributed by atoms with Gasteiger partial charge in [-0.15, -0.1) is 0 Å². The fourth-order valence-corrected chi connectivity index (χ4v) is 6.86. The number of aliphatic carboxylic acids is 2. The summed E-state index contributed by atoms with van der Waals surface area (Å²) >= 11 is 0. The van der Waals surface area contributed by atoms with E-state index in [2.05, 4.69) is 62.2 Å². The first kappa shape index (κ1) is 51.7. The molecule has 29 heteroatoms. The van der Waals surface area contributed by atoms with Gasteiger partial charge in [0.2, 0.25) is 35.4 Å². The second-order valence-corrected chi connectivity index (χ2v) is 15.7. The fourth-order valence-electron chi connectivity index (χ4n) is 4.88. The van der Waals surface area contributed by atoms with E-state index in [0.717, 1.165) is 10.8 Å². The number of ether oxygens (including phenoxy) is 1. The maximum absolute atomic E-state index is 12.8. The van der Waals surface area contributed by atoms with Crippen LogP contribution < -0.4 is 59.6 Å². The molecule has 2 heterocycles. The molecule has 27 nitrogen and oxygen atoms in total. The van der Waals surface area contributed by atoms with Gasteiger partial charge >= 0.3 is 18.0 Å².